The van der Waals surface area contributed by atoms with Gasteiger partial charge in [-0.25, -0.2) is 4.39 Å². The molecule has 0 aromatic heterocycles. The third-order valence-corrected chi connectivity index (χ3v) is 6.35. The molecular weight excluding hydrogens is 391 g/mol. The molecule has 0 atom stereocenters. The Labute approximate surface area is 176 Å². The van der Waals surface area contributed by atoms with Crippen molar-refractivity contribution in [2.45, 2.75) is 51.1 Å². The molecule has 2 aromatic rings. The normalized spacial score (nSPS) is 17.5. The van der Waals surface area contributed by atoms with Gasteiger partial charge >= 0.3 is 5.97 Å². The van der Waals surface area contributed by atoms with Gasteiger partial charge in [0.15, 0.2) is 0 Å². The fraction of sp³-hybridized carbons (Fsp3) is 0.458. The number of alkyl halides is 1. The molecule has 2 aliphatic carbocycles. The second-order valence-electron chi connectivity index (χ2n) is 8.07. The fourth-order valence-corrected chi connectivity index (χ4v) is 4.23. The van der Waals surface area contributed by atoms with Gasteiger partial charge in [0.05, 0.1) is 23.7 Å². The van der Waals surface area contributed by atoms with Crippen molar-refractivity contribution in [2.75, 3.05) is 13.2 Å². The van der Waals surface area contributed by atoms with Crippen molar-refractivity contribution in [3.8, 4) is 16.9 Å². The number of carbonyl (C=O) groups excluding carboxylic acids is 1. The fourth-order valence-electron chi connectivity index (χ4n) is 3.91. The van der Waals surface area contributed by atoms with Crippen LogP contribution in [0.25, 0.3) is 11.1 Å². The predicted molar refractivity (Wildman–Crippen MR) is 112 cm³/mol. The average molecular weight is 417 g/mol. The summed E-state index contributed by atoms with van der Waals surface area (Å²) in [5.41, 5.74) is 2.52. The van der Waals surface area contributed by atoms with Crippen molar-refractivity contribution >= 4 is 17.6 Å². The molecule has 0 N–H and O–H groups in total. The summed E-state index contributed by atoms with van der Waals surface area (Å²) in [6.07, 6.45) is 4.87. The van der Waals surface area contributed by atoms with Gasteiger partial charge < -0.3 is 9.47 Å². The Morgan fingerprint density at radius 3 is 2.48 bits per heavy atom. The molecule has 154 valence electrons. The Morgan fingerprint density at radius 2 is 1.93 bits per heavy atom. The number of hydrogen-bond acceptors (Lipinski definition) is 3. The maximum absolute atomic E-state index is 12.9. The van der Waals surface area contributed by atoms with Crippen LogP contribution in [0, 0.1) is 5.92 Å². The highest BCUT2D eigenvalue weighted by atomic mass is 35.5. The second-order valence-corrected chi connectivity index (χ2v) is 8.48. The molecular formula is C24H26ClFO3. The first-order chi connectivity index (χ1) is 14.1. The molecule has 4 rings (SSSR count). The summed E-state index contributed by atoms with van der Waals surface area (Å²) in [6, 6.07) is 11.1. The summed E-state index contributed by atoms with van der Waals surface area (Å²) < 4.78 is 24.5. The molecule has 0 heterocycles. The molecule has 0 amide bonds. The molecule has 2 aliphatic rings. The Morgan fingerprint density at radius 1 is 1.21 bits per heavy atom. The highest BCUT2D eigenvalue weighted by Crippen LogP contribution is 2.49. The van der Waals surface area contributed by atoms with Gasteiger partial charge in [-0.05, 0) is 67.3 Å². The minimum Gasteiger partial charge on any atom is -0.493 e. The van der Waals surface area contributed by atoms with Crippen molar-refractivity contribution in [3.63, 3.8) is 0 Å². The van der Waals surface area contributed by atoms with Crippen molar-refractivity contribution in [3.05, 3.63) is 52.5 Å². The molecule has 0 aliphatic heterocycles. The van der Waals surface area contributed by atoms with E-state index in [-0.39, 0.29) is 5.97 Å². The maximum Gasteiger partial charge on any atom is 0.316 e. The lowest BCUT2D eigenvalue weighted by Crippen LogP contribution is -2.43. The molecule has 0 saturated heterocycles. The zero-order valence-electron chi connectivity index (χ0n) is 16.7. The first-order valence-electron chi connectivity index (χ1n) is 10.4. The number of ether oxygens (including phenoxy) is 2. The van der Waals surface area contributed by atoms with E-state index < -0.39 is 12.1 Å². The van der Waals surface area contributed by atoms with Crippen LogP contribution in [0.1, 0.15) is 50.2 Å². The molecule has 0 radical (unpaired) electrons. The van der Waals surface area contributed by atoms with Crippen molar-refractivity contribution in [1.82, 2.24) is 0 Å². The van der Waals surface area contributed by atoms with Crippen molar-refractivity contribution in [1.29, 1.82) is 0 Å². The summed E-state index contributed by atoms with van der Waals surface area (Å²) in [4.78, 5) is 12.7. The summed E-state index contributed by atoms with van der Waals surface area (Å²) in [7, 11) is 0. The van der Waals surface area contributed by atoms with E-state index in [0.717, 1.165) is 36.0 Å². The van der Waals surface area contributed by atoms with Gasteiger partial charge in [-0.2, -0.15) is 0 Å². The summed E-state index contributed by atoms with van der Waals surface area (Å²) in [6.45, 7) is 2.33. The molecule has 0 bridgehead atoms. The molecule has 5 heteroatoms. The lowest BCUT2D eigenvalue weighted by molar-refractivity contribution is -0.153. The summed E-state index contributed by atoms with van der Waals surface area (Å²) >= 11 is 6.74. The second kappa shape index (κ2) is 8.35. The molecule has 2 fully saturated rings. The standard InChI is InChI=1S/C24H26ClFO3/c1-2-28-23(27)24(10-3-11-24)19-12-20(25)22(18-8-6-16(14-26)7-9-18)21(13-19)29-15-17-4-5-17/h6-9,12-13,17H,2-5,10-11,14-15H2,1H3. The van der Waals surface area contributed by atoms with Crippen LogP contribution >= 0.6 is 11.6 Å². The van der Waals surface area contributed by atoms with E-state index in [0.29, 0.717) is 35.5 Å². The Bertz CT molecular complexity index is 886. The van der Waals surface area contributed by atoms with Crippen molar-refractivity contribution in [2.24, 2.45) is 5.92 Å². The Balaban J connectivity index is 1.75. The van der Waals surface area contributed by atoms with E-state index in [1.54, 1.807) is 12.1 Å². The number of rotatable bonds is 8. The van der Waals surface area contributed by atoms with Crippen LogP contribution in [-0.2, 0) is 21.6 Å². The van der Waals surface area contributed by atoms with Gasteiger partial charge in [-0.3, -0.25) is 4.79 Å². The largest absolute Gasteiger partial charge is 0.493 e. The SMILES string of the molecule is CCOC(=O)C1(c2cc(Cl)c(-c3ccc(CF)cc3)c(OCC3CC3)c2)CCC1. The minimum atomic E-state index is -0.631. The van der Waals surface area contributed by atoms with E-state index in [9.17, 15) is 9.18 Å². The van der Waals surface area contributed by atoms with Gasteiger partial charge in [0.25, 0.3) is 0 Å². The van der Waals surface area contributed by atoms with Crippen LogP contribution < -0.4 is 4.74 Å². The molecule has 3 nitrogen and oxygen atoms in total. The lowest BCUT2D eigenvalue weighted by Gasteiger charge is -2.40. The zero-order chi connectivity index (χ0) is 20.4. The van der Waals surface area contributed by atoms with Gasteiger partial charge in [0, 0.05) is 5.56 Å². The Kier molecular flexibility index (Phi) is 5.82. The Hall–Kier alpha value is -2.07. The zero-order valence-corrected chi connectivity index (χ0v) is 17.4. The first kappa shape index (κ1) is 20.2. The number of esters is 1. The number of benzene rings is 2. The van der Waals surface area contributed by atoms with Crippen LogP contribution in [-0.4, -0.2) is 19.2 Å². The van der Waals surface area contributed by atoms with E-state index in [4.69, 9.17) is 21.1 Å². The molecule has 0 spiro atoms. The molecule has 0 unspecified atom stereocenters. The van der Waals surface area contributed by atoms with Gasteiger partial charge in [-0.1, -0.05) is 42.3 Å². The molecule has 29 heavy (non-hydrogen) atoms. The highest BCUT2D eigenvalue weighted by Gasteiger charge is 2.47. The number of halogens is 2. The van der Waals surface area contributed by atoms with E-state index in [1.807, 2.05) is 31.2 Å². The van der Waals surface area contributed by atoms with E-state index in [1.165, 1.54) is 12.8 Å². The van der Waals surface area contributed by atoms with Crippen LogP contribution in [0.2, 0.25) is 5.02 Å². The minimum absolute atomic E-state index is 0.185. The van der Waals surface area contributed by atoms with Crippen LogP contribution in [0.15, 0.2) is 36.4 Å². The highest BCUT2D eigenvalue weighted by molar-refractivity contribution is 6.33. The molecule has 2 saturated carbocycles. The number of carbonyl (C=O) groups is 1. The smallest absolute Gasteiger partial charge is 0.316 e. The topological polar surface area (TPSA) is 35.5 Å². The van der Waals surface area contributed by atoms with Gasteiger partial charge in [0.1, 0.15) is 12.4 Å². The number of hydrogen-bond donors (Lipinski definition) is 0. The monoisotopic (exact) mass is 416 g/mol. The van der Waals surface area contributed by atoms with Crippen LogP contribution in [0.3, 0.4) is 0 Å². The van der Waals surface area contributed by atoms with Gasteiger partial charge in [-0.15, -0.1) is 0 Å². The van der Waals surface area contributed by atoms with Crippen molar-refractivity contribution < 1.29 is 18.7 Å². The predicted octanol–water partition coefficient (Wildman–Crippen LogP) is 6.25. The quantitative estimate of drug-likeness (QED) is 0.477. The maximum atomic E-state index is 12.9. The van der Waals surface area contributed by atoms with Gasteiger partial charge in [0.2, 0.25) is 0 Å². The third-order valence-electron chi connectivity index (χ3n) is 6.05. The first-order valence-corrected chi connectivity index (χ1v) is 10.7. The van der Waals surface area contributed by atoms with Crippen LogP contribution in [0.4, 0.5) is 4.39 Å². The summed E-state index contributed by atoms with van der Waals surface area (Å²) in [5.74, 6) is 1.08. The average Bonchev–Trinajstić information content (AvgIpc) is 3.50. The van der Waals surface area contributed by atoms with Crippen LogP contribution in [0.5, 0.6) is 5.75 Å². The third kappa shape index (κ3) is 4.00. The lowest BCUT2D eigenvalue weighted by atomic mass is 9.64. The summed E-state index contributed by atoms with van der Waals surface area (Å²) in [5, 5.41) is 0.539. The van der Waals surface area contributed by atoms with E-state index in [2.05, 4.69) is 0 Å². The molecule has 2 aromatic carbocycles. The van der Waals surface area contributed by atoms with E-state index >= 15 is 0 Å².